The fourth-order valence-electron chi connectivity index (χ4n) is 4.54. The van der Waals surface area contributed by atoms with Crippen molar-refractivity contribution < 1.29 is 21.6 Å². The number of hydrogen-bond donors (Lipinski definition) is 0. The Morgan fingerprint density at radius 3 is 2.28 bits per heavy atom. The largest absolute Gasteiger partial charge is 0.345 e. The number of carbonyl (C=O) groups excluding carboxylic acids is 1. The number of carbonyl (C=O) groups is 1. The van der Waals surface area contributed by atoms with Gasteiger partial charge in [-0.05, 0) is 43.2 Å². The molecule has 0 atom stereocenters. The zero-order chi connectivity index (χ0) is 25.7. The molecule has 0 saturated carbocycles. The molecule has 36 heavy (non-hydrogen) atoms. The van der Waals surface area contributed by atoms with Crippen molar-refractivity contribution in [2.75, 3.05) is 50.4 Å². The maximum Gasteiger partial charge on any atom is 0.252 e. The molecule has 4 heterocycles. The van der Waals surface area contributed by atoms with Crippen molar-refractivity contribution in [3.63, 3.8) is 0 Å². The van der Waals surface area contributed by atoms with Crippen LogP contribution in [0.3, 0.4) is 0 Å². The van der Waals surface area contributed by atoms with Crippen LogP contribution in [-0.2, 0) is 24.7 Å². The molecule has 9 nitrogen and oxygen atoms in total. The van der Waals surface area contributed by atoms with Gasteiger partial charge in [0.05, 0.1) is 19.4 Å². The second-order valence-electron chi connectivity index (χ2n) is 8.95. The Hall–Kier alpha value is -1.77. The van der Waals surface area contributed by atoms with E-state index in [2.05, 4.69) is 9.88 Å². The maximum atomic E-state index is 13.2. The minimum Gasteiger partial charge on any atom is -0.345 e. The van der Waals surface area contributed by atoms with Crippen LogP contribution >= 0.6 is 34.3 Å². The van der Waals surface area contributed by atoms with E-state index in [1.165, 1.54) is 28.0 Å². The molecule has 14 heteroatoms. The highest BCUT2D eigenvalue weighted by Crippen LogP contribution is 2.33. The van der Waals surface area contributed by atoms with Crippen molar-refractivity contribution in [2.24, 2.45) is 5.92 Å². The highest BCUT2D eigenvalue weighted by atomic mass is 35.5. The first-order chi connectivity index (χ1) is 17.0. The van der Waals surface area contributed by atoms with Crippen molar-refractivity contribution in [2.45, 2.75) is 21.9 Å². The van der Waals surface area contributed by atoms with Crippen molar-refractivity contribution in [1.29, 1.82) is 0 Å². The quantitative estimate of drug-likeness (QED) is 0.450. The summed E-state index contributed by atoms with van der Waals surface area (Å²) in [4.78, 5) is 22.1. The molecule has 2 aromatic heterocycles. The van der Waals surface area contributed by atoms with Crippen LogP contribution in [-0.4, -0.2) is 82.5 Å². The summed E-state index contributed by atoms with van der Waals surface area (Å²) in [6.45, 7) is 3.03. The Labute approximate surface area is 223 Å². The maximum absolute atomic E-state index is 13.2. The Bertz CT molecular complexity index is 1500. The van der Waals surface area contributed by atoms with Gasteiger partial charge in [-0.1, -0.05) is 22.9 Å². The molecule has 5 rings (SSSR count). The first-order valence-electron chi connectivity index (χ1n) is 11.4. The third-order valence-electron chi connectivity index (χ3n) is 6.58. The number of halogens is 1. The van der Waals surface area contributed by atoms with Crippen LogP contribution in [0.15, 0.2) is 39.4 Å². The molecular weight excluding hydrogens is 564 g/mol. The fraction of sp³-hybridized carbons (Fsp3) is 0.455. The minimum atomic E-state index is -3.58. The van der Waals surface area contributed by atoms with E-state index in [1.807, 2.05) is 4.90 Å². The smallest absolute Gasteiger partial charge is 0.252 e. The average molecular weight is 589 g/mol. The summed E-state index contributed by atoms with van der Waals surface area (Å²) in [5.41, 5.74) is 0.757. The summed E-state index contributed by atoms with van der Waals surface area (Å²) in [5.74, 6) is -0.111. The van der Waals surface area contributed by atoms with E-state index in [0.717, 1.165) is 26.7 Å². The first-order valence-corrected chi connectivity index (χ1v) is 16.8. The van der Waals surface area contributed by atoms with Gasteiger partial charge in [-0.15, -0.1) is 11.3 Å². The van der Waals surface area contributed by atoms with Gasteiger partial charge in [-0.3, -0.25) is 4.79 Å². The number of fused-ring (bicyclic) bond motifs is 1. The van der Waals surface area contributed by atoms with Gasteiger partial charge in [0.1, 0.15) is 4.21 Å². The number of anilines is 1. The molecule has 0 spiro atoms. The number of piperidine rings is 1. The van der Waals surface area contributed by atoms with Crippen LogP contribution in [0.25, 0.3) is 10.2 Å². The molecule has 3 aromatic rings. The molecular formula is C22H25ClN4O5S4. The number of aromatic nitrogens is 1. The molecule has 2 fully saturated rings. The first kappa shape index (κ1) is 25.9. The number of sulfone groups is 1. The van der Waals surface area contributed by atoms with Gasteiger partial charge in [-0.2, -0.15) is 4.31 Å². The second-order valence-corrected chi connectivity index (χ2v) is 15.9. The number of benzene rings is 1. The lowest BCUT2D eigenvalue weighted by atomic mass is 9.96. The van der Waals surface area contributed by atoms with Gasteiger partial charge < -0.3 is 9.80 Å². The predicted molar refractivity (Wildman–Crippen MR) is 142 cm³/mol. The van der Waals surface area contributed by atoms with Gasteiger partial charge in [0.15, 0.2) is 15.0 Å². The topological polar surface area (TPSA) is 108 Å². The third kappa shape index (κ3) is 5.14. The van der Waals surface area contributed by atoms with Gasteiger partial charge in [0.2, 0.25) is 5.91 Å². The summed E-state index contributed by atoms with van der Waals surface area (Å²) in [7, 11) is -6.86. The summed E-state index contributed by atoms with van der Waals surface area (Å²) in [6.07, 6.45) is 2.19. The second kappa shape index (κ2) is 9.84. The highest BCUT2D eigenvalue weighted by molar-refractivity contribution is 7.91. The average Bonchev–Trinajstić information content (AvgIpc) is 3.49. The van der Waals surface area contributed by atoms with E-state index < -0.39 is 19.9 Å². The standard InChI is InChI=1S/C22H25ClN4O5S4/c1-35(29,30)16-2-3-17-18(14-16)33-22(24-17)26-12-10-25(11-13-26)21(28)15-6-8-27(9-7-15)36(31,32)20-5-4-19(23)34-20/h2-5,14-15H,6-13H2,1H3. The number of nitrogens with zero attached hydrogens (tertiary/aromatic N) is 4. The van der Waals surface area contributed by atoms with E-state index in [4.69, 9.17) is 11.6 Å². The van der Waals surface area contributed by atoms with Crippen LogP contribution in [0.1, 0.15) is 12.8 Å². The summed E-state index contributed by atoms with van der Waals surface area (Å²) < 4.78 is 52.3. The number of thiazole rings is 1. The molecule has 0 radical (unpaired) electrons. The summed E-state index contributed by atoms with van der Waals surface area (Å²) in [5, 5.41) is 0.815. The molecule has 2 aliphatic rings. The predicted octanol–water partition coefficient (Wildman–Crippen LogP) is 3.16. The molecule has 0 N–H and O–H groups in total. The van der Waals surface area contributed by atoms with Crippen molar-refractivity contribution in [3.8, 4) is 0 Å². The van der Waals surface area contributed by atoms with Gasteiger partial charge in [0, 0.05) is 51.4 Å². The number of sulfonamides is 1. The van der Waals surface area contributed by atoms with Crippen molar-refractivity contribution >= 4 is 75.4 Å². The summed E-state index contributed by atoms with van der Waals surface area (Å²) >= 11 is 8.40. The van der Waals surface area contributed by atoms with Gasteiger partial charge in [-0.25, -0.2) is 21.8 Å². The fourth-order valence-corrected chi connectivity index (χ4v) is 9.43. The van der Waals surface area contributed by atoms with E-state index >= 15 is 0 Å². The minimum absolute atomic E-state index is 0.0768. The van der Waals surface area contributed by atoms with Crippen molar-refractivity contribution in [1.82, 2.24) is 14.2 Å². The van der Waals surface area contributed by atoms with E-state index in [9.17, 15) is 21.6 Å². The van der Waals surface area contributed by atoms with Crippen LogP contribution in [0, 0.1) is 5.92 Å². The molecule has 194 valence electrons. The summed E-state index contributed by atoms with van der Waals surface area (Å²) in [6, 6.07) is 8.06. The Morgan fingerprint density at radius 1 is 0.972 bits per heavy atom. The molecule has 0 bridgehead atoms. The lowest BCUT2D eigenvalue weighted by Crippen LogP contribution is -2.52. The van der Waals surface area contributed by atoms with Crippen molar-refractivity contribution in [3.05, 3.63) is 34.7 Å². The molecule has 0 unspecified atom stereocenters. The van der Waals surface area contributed by atoms with Crippen LogP contribution in [0.4, 0.5) is 5.13 Å². The molecule has 1 amide bonds. The van der Waals surface area contributed by atoms with Gasteiger partial charge in [0.25, 0.3) is 10.0 Å². The molecule has 2 saturated heterocycles. The zero-order valence-corrected chi connectivity index (χ0v) is 23.5. The van der Waals surface area contributed by atoms with Gasteiger partial charge >= 0.3 is 0 Å². The molecule has 0 aliphatic carbocycles. The van der Waals surface area contributed by atoms with E-state index in [1.54, 1.807) is 24.3 Å². The number of hydrogen-bond acceptors (Lipinski definition) is 9. The molecule has 1 aromatic carbocycles. The monoisotopic (exact) mass is 588 g/mol. The Balaban J connectivity index is 1.17. The SMILES string of the molecule is CS(=O)(=O)c1ccc2nc(N3CCN(C(=O)C4CCN(S(=O)(=O)c5ccc(Cl)s5)CC4)CC3)sc2c1. The zero-order valence-electron chi connectivity index (χ0n) is 19.5. The van der Waals surface area contributed by atoms with Crippen LogP contribution in [0.5, 0.6) is 0 Å². The third-order valence-corrected chi connectivity index (χ3v) is 12.4. The normalized spacial score (nSPS) is 18.7. The number of amides is 1. The van der Waals surface area contributed by atoms with E-state index in [-0.39, 0.29) is 20.9 Å². The lowest BCUT2D eigenvalue weighted by molar-refractivity contribution is -0.137. The van der Waals surface area contributed by atoms with E-state index in [0.29, 0.717) is 56.4 Å². The lowest BCUT2D eigenvalue weighted by Gasteiger charge is -2.38. The van der Waals surface area contributed by atoms with Crippen LogP contribution in [0.2, 0.25) is 4.34 Å². The number of thiophene rings is 1. The Morgan fingerprint density at radius 2 is 1.67 bits per heavy atom. The Kier molecular flexibility index (Phi) is 7.07. The molecule has 2 aliphatic heterocycles. The number of piperazine rings is 1. The number of rotatable bonds is 5. The van der Waals surface area contributed by atoms with Crippen LogP contribution < -0.4 is 4.90 Å². The highest BCUT2D eigenvalue weighted by Gasteiger charge is 2.35.